The van der Waals surface area contributed by atoms with Crippen LogP contribution < -0.4 is 0 Å². The normalized spacial score (nSPS) is 11.8. The Morgan fingerprint density at radius 3 is 1.40 bits per heavy atom. The average Bonchev–Trinajstić information content (AvgIpc) is 3.89. The quantitative estimate of drug-likeness (QED) is 0.182. The van der Waals surface area contributed by atoms with E-state index in [0.717, 1.165) is 77.4 Å². The highest BCUT2D eigenvalue weighted by Crippen LogP contribution is 2.42. The van der Waals surface area contributed by atoms with Crippen LogP contribution >= 0.6 is 0 Å². The molecule has 0 bridgehead atoms. The van der Waals surface area contributed by atoms with Crippen LogP contribution in [0, 0.1) is 0 Å². The predicted molar refractivity (Wildman–Crippen MR) is 214 cm³/mol. The molecule has 0 saturated carbocycles. The molecule has 0 fully saturated rings. The van der Waals surface area contributed by atoms with Crippen molar-refractivity contribution in [1.82, 2.24) is 33.6 Å². The smallest absolute Gasteiger partial charge is 0.238 e. The summed E-state index contributed by atoms with van der Waals surface area (Å²) < 4.78 is 6.76. The third kappa shape index (κ3) is 4.47. The molecule has 0 aliphatic heterocycles. The van der Waals surface area contributed by atoms with Gasteiger partial charge < -0.3 is 0 Å². The minimum atomic E-state index is 0.567. The Morgan fingerprint density at radius 1 is 0.321 bits per heavy atom. The number of aromatic nitrogens is 7. The van der Waals surface area contributed by atoms with Gasteiger partial charge in [0.15, 0.2) is 11.6 Å². The molecule has 0 aliphatic rings. The van der Waals surface area contributed by atoms with E-state index in [4.69, 9.17) is 19.9 Å². The average molecular weight is 680 g/mol. The molecule has 0 N–H and O–H groups in total. The second-order valence-electron chi connectivity index (χ2n) is 13.1. The standard InChI is InChI=1S/C46H29N7/c1-4-16-30(17-5-1)43-48-44(31-18-6-2-7-19-31)50-45(49-43)52-36-25-13-10-22-33(36)41-39(52)28-29-40-42(41)34-23-11-14-26-37(34)53(40)46-47-35-24-12-15-27-38(35)51(46)32-20-8-3-9-21-32/h1-29H. The zero-order valence-corrected chi connectivity index (χ0v) is 28.4. The second-order valence-corrected chi connectivity index (χ2v) is 13.1. The highest BCUT2D eigenvalue weighted by Gasteiger charge is 2.24. The number of fused-ring (bicyclic) bond motifs is 8. The van der Waals surface area contributed by atoms with Gasteiger partial charge in [0.25, 0.3) is 0 Å². The van der Waals surface area contributed by atoms with E-state index in [1.165, 1.54) is 0 Å². The molecule has 0 radical (unpaired) electrons. The highest BCUT2D eigenvalue weighted by atomic mass is 15.3. The first kappa shape index (κ1) is 29.4. The minimum absolute atomic E-state index is 0.567. The van der Waals surface area contributed by atoms with Gasteiger partial charge in [-0.05, 0) is 48.5 Å². The molecule has 7 aromatic carbocycles. The fourth-order valence-electron chi connectivity index (χ4n) is 7.84. The molecule has 4 heterocycles. The van der Waals surface area contributed by atoms with Crippen LogP contribution in [-0.4, -0.2) is 33.6 Å². The number of hydrogen-bond acceptors (Lipinski definition) is 4. The zero-order chi connectivity index (χ0) is 34.9. The maximum Gasteiger partial charge on any atom is 0.238 e. The van der Waals surface area contributed by atoms with Gasteiger partial charge >= 0.3 is 0 Å². The van der Waals surface area contributed by atoms with Gasteiger partial charge in [-0.25, -0.2) is 9.97 Å². The topological polar surface area (TPSA) is 66.3 Å². The SMILES string of the molecule is c1ccc(-c2nc(-c3ccccc3)nc(-n3c4ccccc4c4c5c6ccccc6n(-c6nc7ccccc7n6-c6ccccc6)c5ccc43)n2)cc1. The summed E-state index contributed by atoms with van der Waals surface area (Å²) in [5.74, 6) is 2.65. The predicted octanol–water partition coefficient (Wildman–Crippen LogP) is 10.7. The maximum atomic E-state index is 5.30. The lowest BCUT2D eigenvalue weighted by molar-refractivity contribution is 0.951. The fraction of sp³-hybridized carbons (Fsp3) is 0. The lowest BCUT2D eigenvalue weighted by atomic mass is 10.1. The Kier molecular flexibility index (Phi) is 6.42. The number of imidazole rings is 1. The molecule has 0 unspecified atom stereocenters. The van der Waals surface area contributed by atoms with E-state index >= 15 is 0 Å². The van der Waals surface area contributed by atoms with Crippen LogP contribution in [0.1, 0.15) is 0 Å². The number of rotatable bonds is 5. The molecule has 7 heteroatoms. The molecule has 0 saturated heterocycles. The van der Waals surface area contributed by atoms with Crippen LogP contribution in [0.25, 0.3) is 95.0 Å². The first-order valence-corrected chi connectivity index (χ1v) is 17.7. The van der Waals surface area contributed by atoms with Crippen LogP contribution in [0.2, 0.25) is 0 Å². The number of nitrogens with zero attached hydrogens (tertiary/aromatic N) is 7. The monoisotopic (exact) mass is 679 g/mol. The van der Waals surface area contributed by atoms with Gasteiger partial charge in [0.2, 0.25) is 11.9 Å². The minimum Gasteiger partial charge on any atom is -0.279 e. The largest absolute Gasteiger partial charge is 0.279 e. The molecule has 11 rings (SSSR count). The summed E-state index contributed by atoms with van der Waals surface area (Å²) in [6.45, 7) is 0. The lowest BCUT2D eigenvalue weighted by Crippen LogP contribution is -2.06. The molecule has 0 spiro atoms. The van der Waals surface area contributed by atoms with E-state index in [0.29, 0.717) is 17.6 Å². The first-order chi connectivity index (χ1) is 26.3. The molecule has 248 valence electrons. The number of para-hydroxylation sites is 5. The Labute approximate surface area is 303 Å². The third-order valence-electron chi connectivity index (χ3n) is 10.1. The van der Waals surface area contributed by atoms with Crippen LogP contribution in [0.3, 0.4) is 0 Å². The van der Waals surface area contributed by atoms with Crippen LogP contribution in [0.15, 0.2) is 176 Å². The molecule has 0 atom stereocenters. The van der Waals surface area contributed by atoms with Crippen molar-refractivity contribution in [2.75, 3.05) is 0 Å². The summed E-state index contributed by atoms with van der Waals surface area (Å²) in [4.78, 5) is 20.6. The van der Waals surface area contributed by atoms with Crippen molar-refractivity contribution in [1.29, 1.82) is 0 Å². The molecule has 7 nitrogen and oxygen atoms in total. The Bertz CT molecular complexity index is 3100. The third-order valence-corrected chi connectivity index (χ3v) is 10.1. The van der Waals surface area contributed by atoms with Crippen molar-refractivity contribution < 1.29 is 0 Å². The number of hydrogen-bond donors (Lipinski definition) is 0. The van der Waals surface area contributed by atoms with E-state index in [1.807, 2.05) is 72.8 Å². The zero-order valence-electron chi connectivity index (χ0n) is 28.4. The van der Waals surface area contributed by atoms with Crippen molar-refractivity contribution in [2.45, 2.75) is 0 Å². The van der Waals surface area contributed by atoms with Gasteiger partial charge in [-0.15, -0.1) is 0 Å². The molecule has 11 aromatic rings. The van der Waals surface area contributed by atoms with Crippen LogP contribution in [-0.2, 0) is 0 Å². The lowest BCUT2D eigenvalue weighted by Gasteiger charge is -2.12. The summed E-state index contributed by atoms with van der Waals surface area (Å²) in [5, 5.41) is 4.56. The molecular formula is C46H29N7. The summed E-state index contributed by atoms with van der Waals surface area (Å²) in [7, 11) is 0. The summed E-state index contributed by atoms with van der Waals surface area (Å²) >= 11 is 0. The summed E-state index contributed by atoms with van der Waals surface area (Å²) in [6.07, 6.45) is 0. The molecular weight excluding hydrogens is 651 g/mol. The Hall–Kier alpha value is -7.38. The summed E-state index contributed by atoms with van der Waals surface area (Å²) in [5.41, 5.74) is 9.09. The molecule has 4 aromatic heterocycles. The van der Waals surface area contributed by atoms with Crippen molar-refractivity contribution in [2.24, 2.45) is 0 Å². The van der Waals surface area contributed by atoms with Gasteiger partial charge in [0, 0.05) is 38.4 Å². The van der Waals surface area contributed by atoms with Gasteiger partial charge in [0.1, 0.15) is 0 Å². The highest BCUT2D eigenvalue weighted by molar-refractivity contribution is 6.28. The van der Waals surface area contributed by atoms with Gasteiger partial charge in [0.05, 0.1) is 33.1 Å². The summed E-state index contributed by atoms with van der Waals surface area (Å²) in [6, 6.07) is 60.7. The van der Waals surface area contributed by atoms with Gasteiger partial charge in [-0.1, -0.05) is 127 Å². The molecule has 53 heavy (non-hydrogen) atoms. The maximum absolute atomic E-state index is 5.30. The number of benzene rings is 7. The van der Waals surface area contributed by atoms with E-state index in [9.17, 15) is 0 Å². The van der Waals surface area contributed by atoms with Gasteiger partial charge in [-0.3, -0.25) is 13.7 Å². The van der Waals surface area contributed by atoms with Crippen molar-refractivity contribution in [3.8, 4) is 40.4 Å². The fourth-order valence-corrected chi connectivity index (χ4v) is 7.84. The van der Waals surface area contributed by atoms with E-state index in [2.05, 4.69) is 117 Å². The van der Waals surface area contributed by atoms with Crippen LogP contribution in [0.4, 0.5) is 0 Å². The molecule has 0 amide bonds. The second kappa shape index (κ2) is 11.6. The van der Waals surface area contributed by atoms with Crippen molar-refractivity contribution >= 4 is 54.6 Å². The van der Waals surface area contributed by atoms with Gasteiger partial charge in [-0.2, -0.15) is 9.97 Å². The molecule has 0 aliphatic carbocycles. The van der Waals surface area contributed by atoms with Crippen molar-refractivity contribution in [3.05, 3.63) is 176 Å². The van der Waals surface area contributed by atoms with Crippen LogP contribution in [0.5, 0.6) is 0 Å². The Balaban J connectivity index is 1.25. The van der Waals surface area contributed by atoms with E-state index < -0.39 is 0 Å². The van der Waals surface area contributed by atoms with E-state index in [-0.39, 0.29) is 0 Å². The van der Waals surface area contributed by atoms with Crippen molar-refractivity contribution in [3.63, 3.8) is 0 Å². The Morgan fingerprint density at radius 2 is 0.792 bits per heavy atom. The first-order valence-electron chi connectivity index (χ1n) is 17.7. The van der Waals surface area contributed by atoms with E-state index in [1.54, 1.807) is 0 Å².